The molecule has 1 saturated heterocycles. The molecule has 5 atom stereocenters. The molecule has 0 radical (unpaired) electrons. The third kappa shape index (κ3) is 1.12. The molecular weight excluding hydrogens is 236 g/mol. The number of carbonyl (C=O) groups excluding carboxylic acids is 2. The summed E-state index contributed by atoms with van der Waals surface area (Å²) in [5, 5.41) is -0.905. The summed E-state index contributed by atoms with van der Waals surface area (Å²) in [7, 11) is -4.13. The zero-order chi connectivity index (χ0) is 11.7. The van der Waals surface area contributed by atoms with Crippen LogP contribution in [0.25, 0.3) is 0 Å². The minimum atomic E-state index is -4.13. The van der Waals surface area contributed by atoms with Gasteiger partial charge < -0.3 is 4.74 Å². The molecule has 0 spiro atoms. The highest BCUT2D eigenvalue weighted by atomic mass is 32.2. The highest BCUT2D eigenvalue weighted by Crippen LogP contribution is 2.57. The molecule has 1 N–H and O–H groups in total. The molecule has 0 aromatic rings. The highest BCUT2D eigenvalue weighted by molar-refractivity contribution is 7.86. The molecule has 3 aliphatic rings. The minimum Gasteiger partial charge on any atom is -0.393 e. The van der Waals surface area contributed by atoms with E-state index in [4.69, 9.17) is 4.55 Å². The van der Waals surface area contributed by atoms with Crippen LogP contribution in [0, 0.1) is 23.7 Å². The Kier molecular flexibility index (Phi) is 1.81. The average Bonchev–Trinajstić information content (AvgIpc) is 2.76. The molecule has 16 heavy (non-hydrogen) atoms. The van der Waals surface area contributed by atoms with Crippen LogP contribution >= 0.6 is 0 Å². The van der Waals surface area contributed by atoms with Crippen LogP contribution in [0.4, 0.5) is 0 Å². The fourth-order valence-corrected chi connectivity index (χ4v) is 4.75. The first-order valence-corrected chi connectivity index (χ1v) is 6.62. The van der Waals surface area contributed by atoms with Crippen LogP contribution in [0.3, 0.4) is 0 Å². The number of hydrogen-bond donors (Lipinski definition) is 1. The maximum absolute atomic E-state index is 11.4. The standard InChI is InChI=1S/C9H10O6S/c10-8-6-3-1-4(7(6)9(11)15-8)5(2-3)16(12,13)14/h3-7H,1-2H2,(H,12,13,14). The Hall–Kier alpha value is -0.950. The lowest BCUT2D eigenvalue weighted by atomic mass is 9.81. The highest BCUT2D eigenvalue weighted by Gasteiger charge is 2.65. The molecule has 1 heterocycles. The lowest BCUT2D eigenvalue weighted by Gasteiger charge is -2.24. The van der Waals surface area contributed by atoms with Crippen molar-refractivity contribution in [3.05, 3.63) is 0 Å². The first-order chi connectivity index (χ1) is 7.39. The van der Waals surface area contributed by atoms with Crippen LogP contribution in [-0.4, -0.2) is 30.2 Å². The van der Waals surface area contributed by atoms with Crippen molar-refractivity contribution < 1.29 is 27.3 Å². The third-order valence-corrected chi connectivity index (χ3v) is 5.38. The van der Waals surface area contributed by atoms with Gasteiger partial charge in [-0.3, -0.25) is 14.1 Å². The molecule has 7 heteroatoms. The first-order valence-electron chi connectivity index (χ1n) is 5.11. The number of hydrogen-bond acceptors (Lipinski definition) is 5. The molecule has 2 aliphatic carbocycles. The molecule has 2 bridgehead atoms. The zero-order valence-electron chi connectivity index (χ0n) is 8.20. The van der Waals surface area contributed by atoms with Crippen molar-refractivity contribution in [1.82, 2.24) is 0 Å². The van der Waals surface area contributed by atoms with E-state index < -0.39 is 45.1 Å². The molecule has 0 aromatic carbocycles. The lowest BCUT2D eigenvalue weighted by molar-refractivity contribution is -0.154. The number of rotatable bonds is 1. The number of fused-ring (bicyclic) bond motifs is 5. The van der Waals surface area contributed by atoms with Gasteiger partial charge in [0.2, 0.25) is 0 Å². The van der Waals surface area contributed by atoms with Crippen molar-refractivity contribution in [2.24, 2.45) is 23.7 Å². The molecule has 6 nitrogen and oxygen atoms in total. The van der Waals surface area contributed by atoms with Crippen LogP contribution < -0.4 is 0 Å². The summed E-state index contributed by atoms with van der Waals surface area (Å²) in [6, 6.07) is 0. The molecule has 5 unspecified atom stereocenters. The van der Waals surface area contributed by atoms with Gasteiger partial charge in [-0.2, -0.15) is 8.42 Å². The number of cyclic esters (lactones) is 2. The maximum Gasteiger partial charge on any atom is 0.317 e. The number of carbonyl (C=O) groups is 2. The van der Waals surface area contributed by atoms with Crippen molar-refractivity contribution in [3.8, 4) is 0 Å². The fourth-order valence-electron chi connectivity index (χ4n) is 3.54. The molecule has 3 fully saturated rings. The second kappa shape index (κ2) is 2.84. The molecule has 88 valence electrons. The van der Waals surface area contributed by atoms with Gasteiger partial charge in [0.05, 0.1) is 17.1 Å². The van der Waals surface area contributed by atoms with Crippen molar-refractivity contribution in [1.29, 1.82) is 0 Å². The quantitative estimate of drug-likeness (QED) is 0.384. The van der Waals surface area contributed by atoms with Crippen LogP contribution in [0.1, 0.15) is 12.8 Å². The second-order valence-electron chi connectivity index (χ2n) is 4.74. The zero-order valence-corrected chi connectivity index (χ0v) is 9.01. The van der Waals surface area contributed by atoms with Crippen molar-refractivity contribution >= 4 is 22.1 Å². The van der Waals surface area contributed by atoms with E-state index in [-0.39, 0.29) is 12.3 Å². The largest absolute Gasteiger partial charge is 0.393 e. The Morgan fingerprint density at radius 1 is 1.12 bits per heavy atom. The Morgan fingerprint density at radius 3 is 2.38 bits per heavy atom. The molecule has 1 aliphatic heterocycles. The van der Waals surface area contributed by atoms with Gasteiger partial charge in [0, 0.05) is 0 Å². The third-order valence-electron chi connectivity index (χ3n) is 4.07. The molecular formula is C9H10O6S. The molecule has 2 saturated carbocycles. The van der Waals surface area contributed by atoms with Gasteiger partial charge in [0.15, 0.2) is 0 Å². The van der Waals surface area contributed by atoms with Gasteiger partial charge in [0.1, 0.15) is 0 Å². The predicted molar refractivity (Wildman–Crippen MR) is 49.6 cm³/mol. The summed E-state index contributed by atoms with van der Waals surface area (Å²) in [5.74, 6) is -2.88. The summed E-state index contributed by atoms with van der Waals surface area (Å²) in [5.41, 5.74) is 0. The summed E-state index contributed by atoms with van der Waals surface area (Å²) in [4.78, 5) is 22.8. The maximum atomic E-state index is 11.4. The van der Waals surface area contributed by atoms with E-state index in [2.05, 4.69) is 4.74 Å². The van der Waals surface area contributed by atoms with E-state index in [1.807, 2.05) is 0 Å². The van der Waals surface area contributed by atoms with Crippen LogP contribution in [-0.2, 0) is 24.4 Å². The van der Waals surface area contributed by atoms with Crippen LogP contribution in [0.2, 0.25) is 0 Å². The molecule has 0 aromatic heterocycles. The fraction of sp³-hybridized carbons (Fsp3) is 0.778. The minimum absolute atomic E-state index is 0.138. The average molecular weight is 246 g/mol. The van der Waals surface area contributed by atoms with Crippen molar-refractivity contribution in [2.75, 3.05) is 0 Å². The summed E-state index contributed by atoms with van der Waals surface area (Å²) in [6.45, 7) is 0. The Balaban J connectivity index is 1.99. The number of esters is 2. The van der Waals surface area contributed by atoms with Crippen LogP contribution in [0.15, 0.2) is 0 Å². The van der Waals surface area contributed by atoms with Gasteiger partial charge >= 0.3 is 11.9 Å². The number of ether oxygens (including phenoxy) is 1. The van der Waals surface area contributed by atoms with Gasteiger partial charge in [-0.25, -0.2) is 0 Å². The molecule has 3 rings (SSSR count). The van der Waals surface area contributed by atoms with Gasteiger partial charge in [0.25, 0.3) is 10.1 Å². The SMILES string of the molecule is O=C1OC(=O)C2C3CC(CC3S(=O)(=O)O)C12. The second-order valence-corrected chi connectivity index (χ2v) is 6.38. The topological polar surface area (TPSA) is 97.7 Å². The Morgan fingerprint density at radius 2 is 1.75 bits per heavy atom. The van der Waals surface area contributed by atoms with Crippen LogP contribution in [0.5, 0.6) is 0 Å². The van der Waals surface area contributed by atoms with E-state index in [1.54, 1.807) is 0 Å². The summed E-state index contributed by atoms with van der Waals surface area (Å²) in [6.07, 6.45) is 0.772. The lowest BCUT2D eigenvalue weighted by Crippen LogP contribution is -2.37. The van der Waals surface area contributed by atoms with E-state index >= 15 is 0 Å². The summed E-state index contributed by atoms with van der Waals surface area (Å²) < 4.78 is 35.8. The van der Waals surface area contributed by atoms with Gasteiger partial charge in [-0.15, -0.1) is 0 Å². The van der Waals surface area contributed by atoms with E-state index in [0.717, 1.165) is 0 Å². The monoisotopic (exact) mass is 246 g/mol. The van der Waals surface area contributed by atoms with Gasteiger partial charge in [-0.05, 0) is 24.7 Å². The Labute approximate surface area is 91.7 Å². The normalized spacial score (nSPS) is 45.9. The first kappa shape index (κ1) is 10.2. The predicted octanol–water partition coefficient (Wildman–Crippen LogP) is -0.402. The van der Waals surface area contributed by atoms with Crippen molar-refractivity contribution in [3.63, 3.8) is 0 Å². The van der Waals surface area contributed by atoms with E-state index in [9.17, 15) is 18.0 Å². The smallest absolute Gasteiger partial charge is 0.317 e. The van der Waals surface area contributed by atoms with E-state index in [0.29, 0.717) is 6.42 Å². The molecule has 0 amide bonds. The van der Waals surface area contributed by atoms with E-state index in [1.165, 1.54) is 0 Å². The summed E-state index contributed by atoms with van der Waals surface area (Å²) >= 11 is 0. The van der Waals surface area contributed by atoms with Crippen molar-refractivity contribution in [2.45, 2.75) is 18.1 Å². The van der Waals surface area contributed by atoms with Gasteiger partial charge in [-0.1, -0.05) is 0 Å². The Bertz CT molecular complexity index is 480.